The average molecular weight is 268 g/mol. The summed E-state index contributed by atoms with van der Waals surface area (Å²) in [5.41, 5.74) is 1.58. The fourth-order valence-electron chi connectivity index (χ4n) is 1.55. The Morgan fingerprint density at radius 3 is 2.59 bits per heavy atom. The van der Waals surface area contributed by atoms with Gasteiger partial charge in [0, 0.05) is 18.3 Å². The average Bonchev–Trinajstić information content (AvgIpc) is 2.34. The zero-order valence-corrected chi connectivity index (χ0v) is 10.5. The topological polar surface area (TPSA) is 33.1 Å². The van der Waals surface area contributed by atoms with Crippen molar-refractivity contribution in [3.05, 3.63) is 63.9 Å². The highest BCUT2D eigenvalue weighted by Gasteiger charge is 2.10. The van der Waals surface area contributed by atoms with Crippen molar-refractivity contribution in [3.8, 4) is 0 Å². The highest BCUT2D eigenvalue weighted by atomic mass is 35.5. The van der Waals surface area contributed by atoms with E-state index in [9.17, 15) is 5.11 Å². The molecule has 0 fully saturated rings. The molecule has 1 heterocycles. The van der Waals surface area contributed by atoms with Crippen LogP contribution < -0.4 is 0 Å². The minimum atomic E-state index is -0.625. The van der Waals surface area contributed by atoms with Crippen LogP contribution in [0, 0.1) is 0 Å². The molecule has 2 aromatic rings. The van der Waals surface area contributed by atoms with Crippen LogP contribution in [0.3, 0.4) is 0 Å². The number of aromatic nitrogens is 1. The molecule has 1 unspecified atom stereocenters. The fourth-order valence-corrected chi connectivity index (χ4v) is 1.86. The first-order valence-corrected chi connectivity index (χ1v) is 5.95. The first-order chi connectivity index (χ1) is 8.16. The second-order valence-corrected chi connectivity index (χ2v) is 4.53. The van der Waals surface area contributed by atoms with E-state index in [1.54, 1.807) is 24.4 Å². The zero-order valence-electron chi connectivity index (χ0n) is 8.98. The van der Waals surface area contributed by atoms with Gasteiger partial charge in [0.2, 0.25) is 0 Å². The van der Waals surface area contributed by atoms with E-state index in [-0.39, 0.29) is 0 Å². The number of aliphatic hydroxyl groups is 1. The third kappa shape index (κ3) is 3.19. The quantitative estimate of drug-likeness (QED) is 0.921. The molecule has 4 heteroatoms. The van der Waals surface area contributed by atoms with Crippen molar-refractivity contribution in [2.75, 3.05) is 0 Å². The summed E-state index contributed by atoms with van der Waals surface area (Å²) in [6, 6.07) is 10.7. The predicted octanol–water partition coefficient (Wildman–Crippen LogP) is 3.66. The normalized spacial score (nSPS) is 12.4. The van der Waals surface area contributed by atoms with Crippen LogP contribution in [0.25, 0.3) is 0 Å². The maximum Gasteiger partial charge on any atom is 0.0846 e. The van der Waals surface area contributed by atoms with E-state index >= 15 is 0 Å². The van der Waals surface area contributed by atoms with E-state index in [0.717, 1.165) is 11.3 Å². The van der Waals surface area contributed by atoms with Gasteiger partial charge in [-0.3, -0.25) is 4.98 Å². The first kappa shape index (κ1) is 12.4. The Kier molecular flexibility index (Phi) is 4.00. The Bertz CT molecular complexity index is 502. The third-order valence-electron chi connectivity index (χ3n) is 2.46. The lowest BCUT2D eigenvalue weighted by Gasteiger charge is -2.11. The second kappa shape index (κ2) is 5.50. The molecule has 0 amide bonds. The Hall–Kier alpha value is -1.09. The van der Waals surface area contributed by atoms with Crippen LogP contribution in [-0.4, -0.2) is 10.1 Å². The highest BCUT2D eigenvalue weighted by Crippen LogP contribution is 2.26. The number of rotatable bonds is 3. The Morgan fingerprint density at radius 1 is 1.12 bits per heavy atom. The molecule has 0 aliphatic heterocycles. The van der Waals surface area contributed by atoms with Gasteiger partial charge in [0.15, 0.2) is 0 Å². The summed E-state index contributed by atoms with van der Waals surface area (Å²) >= 11 is 11.7. The van der Waals surface area contributed by atoms with Crippen molar-refractivity contribution in [2.45, 2.75) is 12.5 Å². The molecule has 0 radical (unpaired) electrons. The molecule has 17 heavy (non-hydrogen) atoms. The SMILES string of the molecule is OC(Cc1ccccn1)c1ccc(Cl)c(Cl)c1. The summed E-state index contributed by atoms with van der Waals surface area (Å²) in [5.74, 6) is 0. The molecule has 88 valence electrons. The van der Waals surface area contributed by atoms with Crippen LogP contribution in [-0.2, 0) is 6.42 Å². The van der Waals surface area contributed by atoms with E-state index in [0.29, 0.717) is 16.5 Å². The monoisotopic (exact) mass is 267 g/mol. The number of benzene rings is 1. The third-order valence-corrected chi connectivity index (χ3v) is 3.20. The van der Waals surface area contributed by atoms with Gasteiger partial charge < -0.3 is 5.11 Å². The Labute approximate surface area is 110 Å². The lowest BCUT2D eigenvalue weighted by atomic mass is 10.0. The Morgan fingerprint density at radius 2 is 1.94 bits per heavy atom. The molecule has 2 rings (SSSR count). The molecule has 2 nitrogen and oxygen atoms in total. The molecular formula is C13H11Cl2NO. The molecule has 1 aromatic heterocycles. The molecule has 0 aliphatic carbocycles. The molecular weight excluding hydrogens is 257 g/mol. The van der Waals surface area contributed by atoms with Crippen LogP contribution in [0.4, 0.5) is 0 Å². The molecule has 0 saturated heterocycles. The lowest BCUT2D eigenvalue weighted by molar-refractivity contribution is 0.177. The standard InChI is InChI=1S/C13H11Cl2NO/c14-11-5-4-9(7-12(11)15)13(17)8-10-3-1-2-6-16-10/h1-7,13,17H,8H2. The first-order valence-electron chi connectivity index (χ1n) is 5.20. The Balaban J connectivity index is 2.14. The van der Waals surface area contributed by atoms with Crippen LogP contribution in [0.15, 0.2) is 42.6 Å². The van der Waals surface area contributed by atoms with Crippen molar-refractivity contribution >= 4 is 23.2 Å². The van der Waals surface area contributed by atoms with Gasteiger partial charge >= 0.3 is 0 Å². The summed E-state index contributed by atoms with van der Waals surface area (Å²) in [5, 5.41) is 11.0. The number of hydrogen-bond acceptors (Lipinski definition) is 2. The van der Waals surface area contributed by atoms with Gasteiger partial charge in [0.1, 0.15) is 0 Å². The number of nitrogens with zero attached hydrogens (tertiary/aromatic N) is 1. The number of pyridine rings is 1. The largest absolute Gasteiger partial charge is 0.388 e. The summed E-state index contributed by atoms with van der Waals surface area (Å²) in [7, 11) is 0. The van der Waals surface area contributed by atoms with Gasteiger partial charge in [0.05, 0.1) is 16.1 Å². The van der Waals surface area contributed by atoms with Crippen LogP contribution in [0.5, 0.6) is 0 Å². The highest BCUT2D eigenvalue weighted by molar-refractivity contribution is 6.42. The molecule has 1 N–H and O–H groups in total. The number of halogens is 2. The van der Waals surface area contributed by atoms with Crippen LogP contribution >= 0.6 is 23.2 Å². The zero-order chi connectivity index (χ0) is 12.3. The summed E-state index contributed by atoms with van der Waals surface area (Å²) < 4.78 is 0. The molecule has 0 bridgehead atoms. The van der Waals surface area contributed by atoms with Gasteiger partial charge in [-0.1, -0.05) is 35.3 Å². The van der Waals surface area contributed by atoms with Gasteiger partial charge in [0.25, 0.3) is 0 Å². The fraction of sp³-hybridized carbons (Fsp3) is 0.154. The van der Waals surface area contributed by atoms with Crippen molar-refractivity contribution in [3.63, 3.8) is 0 Å². The number of aliphatic hydroxyl groups excluding tert-OH is 1. The minimum absolute atomic E-state index is 0.448. The van der Waals surface area contributed by atoms with Crippen LogP contribution in [0.2, 0.25) is 10.0 Å². The van der Waals surface area contributed by atoms with Crippen LogP contribution in [0.1, 0.15) is 17.4 Å². The summed E-state index contributed by atoms with van der Waals surface area (Å²) in [4.78, 5) is 4.17. The van der Waals surface area contributed by atoms with E-state index in [1.165, 1.54) is 0 Å². The lowest BCUT2D eigenvalue weighted by Crippen LogP contribution is -2.03. The van der Waals surface area contributed by atoms with Gasteiger partial charge in [-0.2, -0.15) is 0 Å². The summed E-state index contributed by atoms with van der Waals surface area (Å²) in [6.45, 7) is 0. The van der Waals surface area contributed by atoms with Gasteiger partial charge in [-0.25, -0.2) is 0 Å². The number of hydrogen-bond donors (Lipinski definition) is 1. The molecule has 1 aromatic carbocycles. The van der Waals surface area contributed by atoms with E-state index in [2.05, 4.69) is 4.98 Å². The molecule has 1 atom stereocenters. The maximum atomic E-state index is 10.0. The smallest absolute Gasteiger partial charge is 0.0846 e. The van der Waals surface area contributed by atoms with Crippen molar-refractivity contribution < 1.29 is 5.11 Å². The van der Waals surface area contributed by atoms with E-state index < -0.39 is 6.10 Å². The minimum Gasteiger partial charge on any atom is -0.388 e. The van der Waals surface area contributed by atoms with Gasteiger partial charge in [-0.15, -0.1) is 0 Å². The van der Waals surface area contributed by atoms with Crippen molar-refractivity contribution in [1.82, 2.24) is 4.98 Å². The molecule has 0 spiro atoms. The predicted molar refractivity (Wildman–Crippen MR) is 69.4 cm³/mol. The molecule has 0 saturated carbocycles. The van der Waals surface area contributed by atoms with Crippen molar-refractivity contribution in [2.24, 2.45) is 0 Å². The van der Waals surface area contributed by atoms with E-state index in [1.807, 2.05) is 18.2 Å². The summed E-state index contributed by atoms with van der Waals surface area (Å²) in [6.07, 6.45) is 1.54. The second-order valence-electron chi connectivity index (χ2n) is 3.71. The van der Waals surface area contributed by atoms with Gasteiger partial charge in [-0.05, 0) is 29.8 Å². The molecule has 0 aliphatic rings. The van der Waals surface area contributed by atoms with Crippen molar-refractivity contribution in [1.29, 1.82) is 0 Å². The maximum absolute atomic E-state index is 10.0. The van der Waals surface area contributed by atoms with E-state index in [4.69, 9.17) is 23.2 Å².